The second kappa shape index (κ2) is 4.80. The summed E-state index contributed by atoms with van der Waals surface area (Å²) in [7, 11) is 0. The highest BCUT2D eigenvalue weighted by molar-refractivity contribution is 9.10. The van der Waals surface area contributed by atoms with Crippen LogP contribution >= 0.6 is 31.9 Å². The second-order valence-electron chi connectivity index (χ2n) is 6.04. The molecule has 0 N–H and O–H groups in total. The number of hydrogen-bond donors (Lipinski definition) is 0. The molecule has 0 saturated heterocycles. The Morgan fingerprint density at radius 3 is 2.75 bits per heavy atom. The smallest absolute Gasteiger partial charge is 0.330 e. The van der Waals surface area contributed by atoms with Gasteiger partial charge in [0, 0.05) is 14.5 Å². The van der Waals surface area contributed by atoms with Gasteiger partial charge in [-0.2, -0.15) is 0 Å². The highest BCUT2D eigenvalue weighted by atomic mass is 79.9. The Morgan fingerprint density at radius 2 is 1.88 bits per heavy atom. The second-order valence-corrected chi connectivity index (χ2v) is 7.81. The third kappa shape index (κ3) is 1.68. The van der Waals surface area contributed by atoms with Gasteiger partial charge in [-0.25, -0.2) is 4.79 Å². The zero-order chi connectivity index (χ0) is 16.5. The standard InChI is InChI=1S/C20H10Br2O2/c21-12-5-6-13-11(10-12)4-7-17-18(13)20(19(23)24-17)9-8-14-15(20)2-1-3-16(14)22/h1-10H/t20-/m0/s1. The molecule has 0 saturated carbocycles. The van der Waals surface area contributed by atoms with Crippen molar-refractivity contribution in [2.75, 3.05) is 0 Å². The topological polar surface area (TPSA) is 26.3 Å². The maximum Gasteiger partial charge on any atom is 0.330 e. The maximum absolute atomic E-state index is 12.9. The number of halogens is 2. The zero-order valence-electron chi connectivity index (χ0n) is 12.3. The number of fused-ring (bicyclic) bond motifs is 6. The van der Waals surface area contributed by atoms with Crippen LogP contribution in [0.15, 0.2) is 63.6 Å². The van der Waals surface area contributed by atoms with Gasteiger partial charge in [-0.15, -0.1) is 0 Å². The molecule has 1 spiro atoms. The number of hydrogen-bond acceptors (Lipinski definition) is 2. The normalized spacial score (nSPS) is 20.5. The van der Waals surface area contributed by atoms with Gasteiger partial charge in [0.15, 0.2) is 0 Å². The number of carbonyl (C=O) groups is 1. The maximum atomic E-state index is 12.9. The predicted octanol–water partition coefficient (Wildman–Crippen LogP) is 5.60. The van der Waals surface area contributed by atoms with Crippen molar-refractivity contribution in [1.29, 1.82) is 0 Å². The number of rotatable bonds is 0. The lowest BCUT2D eigenvalue weighted by atomic mass is 9.75. The van der Waals surface area contributed by atoms with E-state index in [1.807, 2.05) is 54.6 Å². The summed E-state index contributed by atoms with van der Waals surface area (Å²) in [5, 5.41) is 2.12. The van der Waals surface area contributed by atoms with Crippen molar-refractivity contribution in [1.82, 2.24) is 0 Å². The molecular weight excluding hydrogens is 432 g/mol. The lowest BCUT2D eigenvalue weighted by Crippen LogP contribution is -2.31. The van der Waals surface area contributed by atoms with Gasteiger partial charge < -0.3 is 4.74 Å². The Bertz CT molecular complexity index is 1080. The molecule has 5 rings (SSSR count). The zero-order valence-corrected chi connectivity index (χ0v) is 15.5. The Labute approximate surface area is 155 Å². The Morgan fingerprint density at radius 1 is 1.00 bits per heavy atom. The Hall–Kier alpha value is -1.91. The summed E-state index contributed by atoms with van der Waals surface area (Å²) in [6.07, 6.45) is 3.98. The summed E-state index contributed by atoms with van der Waals surface area (Å²) in [6, 6.07) is 16.0. The lowest BCUT2D eigenvalue weighted by Gasteiger charge is -2.22. The first-order valence-electron chi connectivity index (χ1n) is 7.54. The molecule has 0 aromatic heterocycles. The molecule has 0 fully saturated rings. The first-order valence-corrected chi connectivity index (χ1v) is 9.13. The Kier molecular flexibility index (Phi) is 2.89. The van der Waals surface area contributed by atoms with Gasteiger partial charge in [0.05, 0.1) is 0 Å². The minimum atomic E-state index is -0.859. The van der Waals surface area contributed by atoms with Crippen LogP contribution in [0.5, 0.6) is 5.75 Å². The summed E-state index contributed by atoms with van der Waals surface area (Å²) in [4.78, 5) is 12.9. The molecule has 4 heteroatoms. The van der Waals surface area contributed by atoms with E-state index in [1.165, 1.54) is 0 Å². The fourth-order valence-electron chi connectivity index (χ4n) is 3.80. The number of esters is 1. The van der Waals surface area contributed by atoms with Gasteiger partial charge in [0.2, 0.25) is 0 Å². The number of ether oxygens (including phenoxy) is 1. The van der Waals surface area contributed by atoms with Gasteiger partial charge in [-0.05, 0) is 46.2 Å². The van der Waals surface area contributed by atoms with Crippen LogP contribution in [-0.4, -0.2) is 5.97 Å². The first kappa shape index (κ1) is 14.4. The van der Waals surface area contributed by atoms with Crippen LogP contribution in [0, 0.1) is 0 Å². The molecule has 2 nitrogen and oxygen atoms in total. The van der Waals surface area contributed by atoms with Crippen molar-refractivity contribution in [3.8, 4) is 5.75 Å². The van der Waals surface area contributed by atoms with Crippen molar-refractivity contribution in [3.63, 3.8) is 0 Å². The molecule has 1 atom stereocenters. The largest absolute Gasteiger partial charge is 0.425 e. The average Bonchev–Trinajstić information content (AvgIpc) is 3.09. The average molecular weight is 442 g/mol. The minimum Gasteiger partial charge on any atom is -0.425 e. The van der Waals surface area contributed by atoms with Crippen LogP contribution in [0.3, 0.4) is 0 Å². The number of carbonyl (C=O) groups excluding carboxylic acids is 1. The van der Waals surface area contributed by atoms with E-state index in [0.717, 1.165) is 36.4 Å². The fourth-order valence-corrected chi connectivity index (χ4v) is 4.68. The molecule has 2 aliphatic rings. The van der Waals surface area contributed by atoms with Crippen LogP contribution < -0.4 is 4.74 Å². The summed E-state index contributed by atoms with van der Waals surface area (Å²) in [5.74, 6) is 0.410. The summed E-state index contributed by atoms with van der Waals surface area (Å²) < 4.78 is 7.66. The van der Waals surface area contributed by atoms with Gasteiger partial charge in [0.25, 0.3) is 0 Å². The van der Waals surface area contributed by atoms with Crippen molar-refractivity contribution < 1.29 is 9.53 Å². The van der Waals surface area contributed by atoms with Crippen molar-refractivity contribution in [3.05, 3.63) is 80.2 Å². The summed E-state index contributed by atoms with van der Waals surface area (Å²) in [6.45, 7) is 0. The van der Waals surface area contributed by atoms with E-state index < -0.39 is 5.41 Å². The molecule has 3 aromatic carbocycles. The van der Waals surface area contributed by atoms with E-state index >= 15 is 0 Å². The first-order chi connectivity index (χ1) is 11.6. The third-order valence-corrected chi connectivity index (χ3v) is 6.03. The predicted molar refractivity (Wildman–Crippen MR) is 101 cm³/mol. The number of benzene rings is 3. The molecule has 0 unspecified atom stereocenters. The van der Waals surface area contributed by atoms with Crippen molar-refractivity contribution in [2.24, 2.45) is 0 Å². The van der Waals surface area contributed by atoms with Crippen LogP contribution in [0.25, 0.3) is 16.8 Å². The van der Waals surface area contributed by atoms with Gasteiger partial charge in [-0.3, -0.25) is 0 Å². The summed E-state index contributed by atoms with van der Waals surface area (Å²) >= 11 is 7.10. The van der Waals surface area contributed by atoms with Gasteiger partial charge >= 0.3 is 5.97 Å². The molecule has 1 aliphatic carbocycles. The minimum absolute atomic E-state index is 0.235. The highest BCUT2D eigenvalue weighted by Crippen LogP contribution is 2.53. The molecule has 24 heavy (non-hydrogen) atoms. The van der Waals surface area contributed by atoms with E-state index in [2.05, 4.69) is 37.9 Å². The van der Waals surface area contributed by atoms with E-state index in [9.17, 15) is 4.79 Å². The van der Waals surface area contributed by atoms with E-state index in [0.29, 0.717) is 5.75 Å². The van der Waals surface area contributed by atoms with Gasteiger partial charge in [0.1, 0.15) is 11.2 Å². The molecule has 1 heterocycles. The third-order valence-electron chi connectivity index (χ3n) is 4.84. The summed E-state index contributed by atoms with van der Waals surface area (Å²) in [5.41, 5.74) is 2.08. The van der Waals surface area contributed by atoms with E-state index in [-0.39, 0.29) is 5.97 Å². The molecule has 0 radical (unpaired) electrons. The molecule has 0 bridgehead atoms. The monoisotopic (exact) mass is 440 g/mol. The highest BCUT2D eigenvalue weighted by Gasteiger charge is 2.52. The molecule has 1 aliphatic heterocycles. The van der Waals surface area contributed by atoms with Crippen molar-refractivity contribution >= 4 is 54.7 Å². The van der Waals surface area contributed by atoms with Gasteiger partial charge in [-0.1, -0.05) is 68.3 Å². The molecule has 0 amide bonds. The fraction of sp³-hybridized carbons (Fsp3) is 0.0500. The van der Waals surface area contributed by atoms with Crippen LogP contribution in [-0.2, 0) is 10.2 Å². The Balaban J connectivity index is 1.92. The van der Waals surface area contributed by atoms with Crippen molar-refractivity contribution in [2.45, 2.75) is 5.41 Å². The lowest BCUT2D eigenvalue weighted by molar-refractivity contribution is -0.135. The molecule has 3 aromatic rings. The molecule has 116 valence electrons. The molecular formula is C20H10Br2O2. The van der Waals surface area contributed by atoms with Crippen LogP contribution in [0.1, 0.15) is 16.7 Å². The van der Waals surface area contributed by atoms with Crippen LogP contribution in [0.4, 0.5) is 0 Å². The van der Waals surface area contributed by atoms with E-state index in [4.69, 9.17) is 4.74 Å². The SMILES string of the molecule is O=C1Oc2ccc3cc(Br)ccc3c2[C@@]12C=Cc1c(Br)cccc12. The quantitative estimate of drug-likeness (QED) is 0.335. The van der Waals surface area contributed by atoms with E-state index in [1.54, 1.807) is 0 Å². The van der Waals surface area contributed by atoms with Crippen LogP contribution in [0.2, 0.25) is 0 Å².